The number of hydrogen-bond acceptors (Lipinski definition) is 6. The quantitative estimate of drug-likeness (QED) is 0.669. The van der Waals surface area contributed by atoms with E-state index in [4.69, 9.17) is 14.2 Å². The molecule has 0 aromatic heterocycles. The van der Waals surface area contributed by atoms with E-state index >= 15 is 0 Å². The minimum Gasteiger partial charge on any atom is -0.497 e. The largest absolute Gasteiger partial charge is 0.497 e. The zero-order chi connectivity index (χ0) is 21.4. The highest BCUT2D eigenvalue weighted by atomic mass is 16.6. The smallest absolute Gasteiger partial charge is 0.344 e. The van der Waals surface area contributed by atoms with E-state index in [-0.39, 0.29) is 12.6 Å². The molecule has 7 heteroatoms. The van der Waals surface area contributed by atoms with Crippen LogP contribution < -0.4 is 10.1 Å². The van der Waals surface area contributed by atoms with Crippen molar-refractivity contribution < 1.29 is 28.6 Å². The normalized spacial score (nSPS) is 21.3. The lowest BCUT2D eigenvalue weighted by Gasteiger charge is -2.36. The van der Waals surface area contributed by atoms with Crippen molar-refractivity contribution in [2.45, 2.75) is 46.1 Å². The molecule has 0 heterocycles. The van der Waals surface area contributed by atoms with Crippen molar-refractivity contribution in [1.82, 2.24) is 5.32 Å². The second-order valence-electron chi connectivity index (χ2n) is 7.93. The average molecular weight is 405 g/mol. The molecule has 1 aliphatic carbocycles. The van der Waals surface area contributed by atoms with Gasteiger partial charge in [-0.2, -0.15) is 0 Å². The number of carbonyl (C=O) groups is 3. The summed E-state index contributed by atoms with van der Waals surface area (Å²) in [5, 5.41) is 2.46. The molecule has 7 nitrogen and oxygen atoms in total. The van der Waals surface area contributed by atoms with E-state index < -0.39 is 24.5 Å². The Morgan fingerprint density at radius 2 is 1.79 bits per heavy atom. The third kappa shape index (κ3) is 7.07. The highest BCUT2D eigenvalue weighted by molar-refractivity contribution is 5.96. The van der Waals surface area contributed by atoms with Gasteiger partial charge in [0.2, 0.25) is 0 Å². The van der Waals surface area contributed by atoms with Crippen molar-refractivity contribution in [3.05, 3.63) is 29.8 Å². The molecule has 29 heavy (non-hydrogen) atoms. The first kappa shape index (κ1) is 22.7. The van der Waals surface area contributed by atoms with Gasteiger partial charge in [-0.05, 0) is 54.9 Å². The number of benzene rings is 1. The molecule has 1 aliphatic rings. The summed E-state index contributed by atoms with van der Waals surface area (Å²) < 4.78 is 15.6. The predicted octanol–water partition coefficient (Wildman–Crippen LogP) is 2.97. The molecule has 160 valence electrons. The SMILES string of the molecule is COc1ccc(C(=O)NCC(=O)OCC(=O)O[C@@H]2C[C@@H](C)CC[C@@H]2C(C)C)cc1. The maximum absolute atomic E-state index is 12.1. The van der Waals surface area contributed by atoms with Gasteiger partial charge in [-0.25, -0.2) is 4.79 Å². The number of ether oxygens (including phenoxy) is 3. The molecule has 0 saturated heterocycles. The number of esters is 2. The van der Waals surface area contributed by atoms with Gasteiger partial charge >= 0.3 is 11.9 Å². The van der Waals surface area contributed by atoms with Gasteiger partial charge in [-0.15, -0.1) is 0 Å². The van der Waals surface area contributed by atoms with Gasteiger partial charge in [0.1, 0.15) is 18.4 Å². The molecule has 0 unspecified atom stereocenters. The first-order chi connectivity index (χ1) is 13.8. The van der Waals surface area contributed by atoms with E-state index in [0.717, 1.165) is 19.3 Å². The minimum atomic E-state index is -0.693. The van der Waals surface area contributed by atoms with Crippen LogP contribution in [0.1, 0.15) is 50.4 Å². The molecule has 1 aromatic rings. The molecule has 0 bridgehead atoms. The number of carbonyl (C=O) groups excluding carboxylic acids is 3. The maximum Gasteiger partial charge on any atom is 0.344 e. The highest BCUT2D eigenvalue weighted by Crippen LogP contribution is 2.35. The number of methoxy groups -OCH3 is 1. The van der Waals surface area contributed by atoms with Gasteiger partial charge in [0, 0.05) is 5.56 Å². The fourth-order valence-corrected chi connectivity index (χ4v) is 3.64. The maximum atomic E-state index is 12.1. The molecular formula is C22H31NO6. The second kappa shape index (κ2) is 10.8. The van der Waals surface area contributed by atoms with E-state index in [9.17, 15) is 14.4 Å². The van der Waals surface area contributed by atoms with Crippen LogP contribution in [0.25, 0.3) is 0 Å². The van der Waals surface area contributed by atoms with Crippen molar-refractivity contribution >= 4 is 17.8 Å². The molecule has 0 spiro atoms. The molecule has 3 atom stereocenters. The van der Waals surface area contributed by atoms with Crippen LogP contribution in [0.2, 0.25) is 0 Å². The van der Waals surface area contributed by atoms with Crippen LogP contribution in [0.15, 0.2) is 24.3 Å². The van der Waals surface area contributed by atoms with Crippen LogP contribution in [-0.2, 0) is 19.1 Å². The third-order valence-corrected chi connectivity index (χ3v) is 5.34. The molecule has 1 amide bonds. The van der Waals surface area contributed by atoms with Crippen LogP contribution >= 0.6 is 0 Å². The van der Waals surface area contributed by atoms with Crippen molar-refractivity contribution in [1.29, 1.82) is 0 Å². The van der Waals surface area contributed by atoms with Gasteiger partial charge in [0.25, 0.3) is 5.91 Å². The van der Waals surface area contributed by atoms with Crippen LogP contribution in [0.4, 0.5) is 0 Å². The van der Waals surface area contributed by atoms with Crippen molar-refractivity contribution in [2.75, 3.05) is 20.3 Å². The molecule has 0 radical (unpaired) electrons. The van der Waals surface area contributed by atoms with Gasteiger partial charge in [-0.1, -0.05) is 27.2 Å². The number of rotatable bonds is 8. The Kier molecular flexibility index (Phi) is 8.49. The Balaban J connectivity index is 1.73. The van der Waals surface area contributed by atoms with E-state index in [2.05, 4.69) is 26.1 Å². The Morgan fingerprint density at radius 3 is 2.41 bits per heavy atom. The van der Waals surface area contributed by atoms with Crippen LogP contribution in [0.3, 0.4) is 0 Å². The molecule has 0 aliphatic heterocycles. The van der Waals surface area contributed by atoms with Gasteiger partial charge in [0.15, 0.2) is 6.61 Å². The van der Waals surface area contributed by atoms with Crippen LogP contribution in [-0.4, -0.2) is 44.2 Å². The van der Waals surface area contributed by atoms with E-state index in [1.54, 1.807) is 24.3 Å². The number of amides is 1. The summed E-state index contributed by atoms with van der Waals surface area (Å²) in [5.74, 6) is 0.240. The monoisotopic (exact) mass is 405 g/mol. The standard InChI is InChI=1S/C22H31NO6/c1-14(2)18-10-5-15(3)11-19(18)29-21(25)13-28-20(24)12-23-22(26)16-6-8-17(27-4)9-7-16/h6-9,14-15,18-19H,5,10-13H2,1-4H3,(H,23,26)/t15-,18+,19+/m0/s1. The van der Waals surface area contributed by atoms with E-state index in [0.29, 0.717) is 29.1 Å². The molecule has 1 N–H and O–H groups in total. The van der Waals surface area contributed by atoms with Gasteiger partial charge in [-0.3, -0.25) is 9.59 Å². The molecule has 1 saturated carbocycles. The summed E-state index contributed by atoms with van der Waals surface area (Å²) in [4.78, 5) is 36.0. The average Bonchev–Trinajstić information content (AvgIpc) is 2.70. The Hall–Kier alpha value is -2.57. The zero-order valence-corrected chi connectivity index (χ0v) is 17.6. The Bertz CT molecular complexity index is 700. The first-order valence-corrected chi connectivity index (χ1v) is 10.1. The zero-order valence-electron chi connectivity index (χ0n) is 17.6. The molecular weight excluding hydrogens is 374 g/mol. The Labute approximate surface area is 172 Å². The van der Waals surface area contributed by atoms with E-state index in [1.807, 2.05) is 0 Å². The lowest BCUT2D eigenvalue weighted by atomic mass is 9.75. The summed E-state index contributed by atoms with van der Waals surface area (Å²) in [6.45, 7) is 5.64. The lowest BCUT2D eigenvalue weighted by molar-refractivity contribution is -0.166. The van der Waals surface area contributed by atoms with Crippen molar-refractivity contribution in [3.63, 3.8) is 0 Å². The van der Waals surface area contributed by atoms with Crippen LogP contribution in [0, 0.1) is 17.8 Å². The molecule has 2 rings (SSSR count). The minimum absolute atomic E-state index is 0.139. The number of hydrogen-bond donors (Lipinski definition) is 1. The van der Waals surface area contributed by atoms with Crippen molar-refractivity contribution in [3.8, 4) is 5.75 Å². The molecule has 1 fully saturated rings. The topological polar surface area (TPSA) is 90.9 Å². The second-order valence-corrected chi connectivity index (χ2v) is 7.93. The molecule has 1 aromatic carbocycles. The Morgan fingerprint density at radius 1 is 1.10 bits per heavy atom. The summed E-state index contributed by atoms with van der Waals surface area (Å²) in [7, 11) is 1.54. The van der Waals surface area contributed by atoms with E-state index in [1.165, 1.54) is 7.11 Å². The summed E-state index contributed by atoms with van der Waals surface area (Å²) in [6, 6.07) is 6.49. The van der Waals surface area contributed by atoms with Crippen molar-refractivity contribution in [2.24, 2.45) is 17.8 Å². The van der Waals surface area contributed by atoms with Crippen LogP contribution in [0.5, 0.6) is 5.75 Å². The predicted molar refractivity (Wildman–Crippen MR) is 108 cm³/mol. The first-order valence-electron chi connectivity index (χ1n) is 10.1. The highest BCUT2D eigenvalue weighted by Gasteiger charge is 2.33. The third-order valence-electron chi connectivity index (χ3n) is 5.34. The van der Waals surface area contributed by atoms with Gasteiger partial charge < -0.3 is 19.5 Å². The summed E-state index contributed by atoms with van der Waals surface area (Å²) in [5.41, 5.74) is 0.393. The summed E-state index contributed by atoms with van der Waals surface area (Å²) in [6.07, 6.45) is 2.87. The number of nitrogens with one attached hydrogen (secondary N) is 1. The fraction of sp³-hybridized carbons (Fsp3) is 0.591. The lowest BCUT2D eigenvalue weighted by Crippen LogP contribution is -2.37. The van der Waals surface area contributed by atoms with Gasteiger partial charge in [0.05, 0.1) is 7.11 Å². The fourth-order valence-electron chi connectivity index (χ4n) is 3.64. The summed E-state index contributed by atoms with van der Waals surface area (Å²) >= 11 is 0.